The van der Waals surface area contributed by atoms with E-state index in [9.17, 15) is 19.5 Å². The van der Waals surface area contributed by atoms with E-state index in [1.807, 2.05) is 12.1 Å². The first-order valence-electron chi connectivity index (χ1n) is 12.9. The molecule has 37 heavy (non-hydrogen) atoms. The minimum absolute atomic E-state index is 0.0828. The van der Waals surface area contributed by atoms with Gasteiger partial charge in [-0.15, -0.1) is 0 Å². The van der Waals surface area contributed by atoms with E-state index in [2.05, 4.69) is 24.1 Å². The second-order valence-corrected chi connectivity index (χ2v) is 10.7. The summed E-state index contributed by atoms with van der Waals surface area (Å²) in [4.78, 5) is 38.7. The van der Waals surface area contributed by atoms with E-state index in [1.54, 1.807) is 28.1 Å². The van der Waals surface area contributed by atoms with Crippen LogP contribution in [0, 0.1) is 17.8 Å². The number of benzene rings is 1. The van der Waals surface area contributed by atoms with E-state index in [4.69, 9.17) is 14.2 Å². The number of nitrogens with zero attached hydrogens (tertiary/aromatic N) is 1. The first kappa shape index (κ1) is 28.5. The molecule has 0 spiro atoms. The molecule has 0 aromatic heterocycles. The fourth-order valence-electron chi connectivity index (χ4n) is 5.43. The first-order valence-corrected chi connectivity index (χ1v) is 12.9. The summed E-state index contributed by atoms with van der Waals surface area (Å²) in [5.74, 6) is -0.676. The Hall–Kier alpha value is -3.07. The number of hydrogen-bond acceptors (Lipinski definition) is 7. The molecule has 2 aliphatic rings. The number of rotatable bonds is 10. The molecule has 0 radical (unpaired) electrons. The van der Waals surface area contributed by atoms with Crippen molar-refractivity contribution in [1.82, 2.24) is 10.2 Å². The van der Waals surface area contributed by atoms with Crippen molar-refractivity contribution in [3.63, 3.8) is 0 Å². The highest BCUT2D eigenvalue weighted by molar-refractivity contribution is 5.96. The Balaban J connectivity index is 1.76. The minimum Gasteiger partial charge on any atom is -0.493 e. The number of methoxy groups -OCH3 is 2. The number of carboxylic acid groups (broad SMARTS) is 1. The van der Waals surface area contributed by atoms with Crippen molar-refractivity contribution >= 4 is 17.8 Å². The Morgan fingerprint density at radius 3 is 2.38 bits per heavy atom. The fraction of sp³-hybridized carbons (Fsp3) is 0.607. The monoisotopic (exact) mass is 516 g/mol. The van der Waals surface area contributed by atoms with Gasteiger partial charge >= 0.3 is 11.9 Å². The standard InChI is InChI=1S/C28H40N2O7/c1-16(2)11-19-15-30-10-9-18-12-23(35-5)24(36-6)13-20(18)21(30)14-22(19)37-26(32)8-7-25(31)29-27(17(3)4)28(33)34/h7-8,12-13,16-17,19,21-22,27H,9-11,14-15H2,1-6H3,(H,29,31)(H,33,34)/b8-7-/t19-,21-,22-,27?/m1/s1. The Kier molecular flexibility index (Phi) is 9.59. The molecule has 1 aromatic rings. The number of ether oxygens (including phenoxy) is 3. The largest absolute Gasteiger partial charge is 0.493 e. The van der Waals surface area contributed by atoms with Crippen LogP contribution in [0.2, 0.25) is 0 Å². The number of fused-ring (bicyclic) bond motifs is 3. The molecule has 0 saturated carbocycles. The maximum Gasteiger partial charge on any atom is 0.331 e. The molecule has 1 amide bonds. The van der Waals surface area contributed by atoms with E-state index in [-0.39, 0.29) is 24.0 Å². The number of piperidine rings is 1. The molecule has 0 aliphatic carbocycles. The lowest BCUT2D eigenvalue weighted by atomic mass is 9.79. The molecular weight excluding hydrogens is 476 g/mol. The number of carbonyl (C=O) groups excluding carboxylic acids is 2. The van der Waals surface area contributed by atoms with Gasteiger partial charge in [0.25, 0.3) is 0 Å². The highest BCUT2D eigenvalue weighted by Crippen LogP contribution is 2.44. The summed E-state index contributed by atoms with van der Waals surface area (Å²) in [6.07, 6.45) is 4.27. The number of hydrogen-bond donors (Lipinski definition) is 2. The van der Waals surface area contributed by atoms with Gasteiger partial charge in [-0.2, -0.15) is 0 Å². The number of nitrogens with one attached hydrogen (secondary N) is 1. The summed E-state index contributed by atoms with van der Waals surface area (Å²) in [6, 6.07) is 3.12. The van der Waals surface area contributed by atoms with Gasteiger partial charge in [-0.05, 0) is 47.9 Å². The molecule has 2 N–H and O–H groups in total. The van der Waals surface area contributed by atoms with E-state index < -0.39 is 23.9 Å². The molecule has 0 bridgehead atoms. The lowest BCUT2D eigenvalue weighted by Crippen LogP contribution is -2.49. The summed E-state index contributed by atoms with van der Waals surface area (Å²) in [7, 11) is 3.25. The van der Waals surface area contributed by atoms with E-state index in [0.717, 1.165) is 43.6 Å². The molecule has 9 heteroatoms. The summed E-state index contributed by atoms with van der Waals surface area (Å²) >= 11 is 0. The van der Waals surface area contributed by atoms with Crippen molar-refractivity contribution in [3.8, 4) is 11.5 Å². The van der Waals surface area contributed by atoms with E-state index in [0.29, 0.717) is 23.8 Å². The topological polar surface area (TPSA) is 114 Å². The van der Waals surface area contributed by atoms with Gasteiger partial charge in [0.2, 0.25) is 5.91 Å². The quantitative estimate of drug-likeness (QED) is 0.359. The molecule has 1 fully saturated rings. The van der Waals surface area contributed by atoms with Crippen LogP contribution in [-0.4, -0.2) is 67.3 Å². The first-order chi connectivity index (χ1) is 17.5. The Morgan fingerprint density at radius 1 is 1.11 bits per heavy atom. The van der Waals surface area contributed by atoms with Gasteiger partial charge in [-0.25, -0.2) is 9.59 Å². The van der Waals surface area contributed by atoms with Crippen molar-refractivity contribution < 1.29 is 33.7 Å². The van der Waals surface area contributed by atoms with Gasteiger partial charge in [0.1, 0.15) is 12.1 Å². The second kappa shape index (κ2) is 12.4. The van der Waals surface area contributed by atoms with Crippen LogP contribution in [0.3, 0.4) is 0 Å². The van der Waals surface area contributed by atoms with Crippen LogP contribution >= 0.6 is 0 Å². The maximum absolute atomic E-state index is 12.7. The van der Waals surface area contributed by atoms with Crippen molar-refractivity contribution in [2.24, 2.45) is 17.8 Å². The second-order valence-electron chi connectivity index (χ2n) is 10.7. The predicted octanol–water partition coefficient (Wildman–Crippen LogP) is 3.36. The lowest BCUT2D eigenvalue weighted by molar-refractivity contribution is -0.151. The van der Waals surface area contributed by atoms with Crippen LogP contribution in [0.1, 0.15) is 57.7 Å². The normalized spacial score (nSPS) is 22.3. The van der Waals surface area contributed by atoms with Gasteiger partial charge in [0.05, 0.1) is 14.2 Å². The molecule has 2 heterocycles. The van der Waals surface area contributed by atoms with E-state index >= 15 is 0 Å². The predicted molar refractivity (Wildman–Crippen MR) is 139 cm³/mol. The zero-order valence-corrected chi connectivity index (χ0v) is 22.7. The number of amides is 1. The zero-order valence-electron chi connectivity index (χ0n) is 22.7. The molecule has 1 saturated heterocycles. The van der Waals surface area contributed by atoms with Crippen LogP contribution in [0.25, 0.3) is 0 Å². The average Bonchev–Trinajstić information content (AvgIpc) is 2.84. The third-order valence-corrected chi connectivity index (χ3v) is 7.21. The van der Waals surface area contributed by atoms with Gasteiger partial charge in [-0.1, -0.05) is 27.7 Å². The van der Waals surface area contributed by atoms with Gasteiger partial charge in [0.15, 0.2) is 11.5 Å². The van der Waals surface area contributed by atoms with Crippen LogP contribution in [0.15, 0.2) is 24.3 Å². The van der Waals surface area contributed by atoms with Crippen molar-refractivity contribution in [3.05, 3.63) is 35.4 Å². The minimum atomic E-state index is -1.12. The van der Waals surface area contributed by atoms with Crippen molar-refractivity contribution in [2.75, 3.05) is 27.3 Å². The highest BCUT2D eigenvalue weighted by Gasteiger charge is 2.41. The summed E-state index contributed by atoms with van der Waals surface area (Å²) in [5.41, 5.74) is 2.37. The molecule has 4 atom stereocenters. The van der Waals surface area contributed by atoms with E-state index in [1.165, 1.54) is 5.56 Å². The smallest absolute Gasteiger partial charge is 0.331 e. The van der Waals surface area contributed by atoms with Crippen LogP contribution < -0.4 is 14.8 Å². The van der Waals surface area contributed by atoms with Crippen LogP contribution in [-0.2, 0) is 25.5 Å². The SMILES string of the molecule is COc1cc2c(cc1OC)[C@H]1C[C@@H](OC(=O)/C=C\C(=O)NC(C(=O)O)C(C)C)[C@H](CC(C)C)CN1CC2. The molecule has 204 valence electrons. The molecule has 1 aromatic carbocycles. The number of esters is 1. The molecule has 9 nitrogen and oxygen atoms in total. The van der Waals surface area contributed by atoms with Gasteiger partial charge in [0, 0.05) is 43.6 Å². The zero-order chi connectivity index (χ0) is 27.3. The Labute approximate surface area is 219 Å². The number of carbonyl (C=O) groups is 3. The number of aliphatic carboxylic acids is 1. The maximum atomic E-state index is 12.7. The van der Waals surface area contributed by atoms with Crippen molar-refractivity contribution in [1.29, 1.82) is 0 Å². The Bertz CT molecular complexity index is 1020. The molecular formula is C28H40N2O7. The van der Waals surface area contributed by atoms with Crippen molar-refractivity contribution in [2.45, 2.75) is 65.1 Å². The summed E-state index contributed by atoms with van der Waals surface area (Å²) in [6.45, 7) is 9.45. The fourth-order valence-corrected chi connectivity index (χ4v) is 5.43. The summed E-state index contributed by atoms with van der Waals surface area (Å²) < 4.78 is 17.0. The Morgan fingerprint density at radius 2 is 1.78 bits per heavy atom. The third kappa shape index (κ3) is 7.03. The summed E-state index contributed by atoms with van der Waals surface area (Å²) in [5, 5.41) is 11.7. The molecule has 1 unspecified atom stereocenters. The average molecular weight is 517 g/mol. The molecule has 2 aliphatic heterocycles. The van der Waals surface area contributed by atoms with Crippen LogP contribution in [0.5, 0.6) is 11.5 Å². The van der Waals surface area contributed by atoms with Crippen LogP contribution in [0.4, 0.5) is 0 Å². The highest BCUT2D eigenvalue weighted by atomic mass is 16.5. The third-order valence-electron chi connectivity index (χ3n) is 7.21. The van der Waals surface area contributed by atoms with Gasteiger partial charge < -0.3 is 24.6 Å². The van der Waals surface area contributed by atoms with Gasteiger partial charge in [-0.3, -0.25) is 9.69 Å². The lowest BCUT2D eigenvalue weighted by Gasteiger charge is -2.47. The number of carboxylic acids is 1. The molecule has 3 rings (SSSR count).